The summed E-state index contributed by atoms with van der Waals surface area (Å²) in [6, 6.07) is 10.7. The highest BCUT2D eigenvalue weighted by molar-refractivity contribution is 7.93. The van der Waals surface area contributed by atoms with Gasteiger partial charge in [0.1, 0.15) is 6.54 Å². The molecule has 0 radical (unpaired) electrons. The summed E-state index contributed by atoms with van der Waals surface area (Å²) in [5, 5.41) is 7.63. The Bertz CT molecular complexity index is 889. The number of sulfonamides is 1. The number of rotatable bonds is 3. The van der Waals surface area contributed by atoms with Crippen molar-refractivity contribution in [2.45, 2.75) is 17.4 Å². The van der Waals surface area contributed by atoms with Crippen LogP contribution < -0.4 is 14.9 Å². The Hall–Kier alpha value is -1.83. The normalized spacial score (nSPS) is 20.8. The number of hydrogen-bond acceptors (Lipinski definition) is 4. The summed E-state index contributed by atoms with van der Waals surface area (Å²) >= 11 is 0. The van der Waals surface area contributed by atoms with Gasteiger partial charge < -0.3 is 10.6 Å². The van der Waals surface area contributed by atoms with Crippen LogP contribution in [0.4, 0.5) is 5.69 Å². The van der Waals surface area contributed by atoms with E-state index in [0.29, 0.717) is 11.1 Å². The molecule has 1 fully saturated rings. The molecule has 2 aromatic carbocycles. The van der Waals surface area contributed by atoms with E-state index in [4.69, 9.17) is 0 Å². The number of amides is 1. The molecule has 1 saturated heterocycles. The minimum atomic E-state index is -3.67. The third kappa shape index (κ3) is 2.62. The van der Waals surface area contributed by atoms with E-state index in [1.54, 1.807) is 18.2 Å². The summed E-state index contributed by atoms with van der Waals surface area (Å²) in [4.78, 5) is 12.5. The van der Waals surface area contributed by atoms with Crippen molar-refractivity contribution < 1.29 is 13.2 Å². The molecule has 0 spiro atoms. The van der Waals surface area contributed by atoms with Gasteiger partial charge in [-0.15, -0.1) is 12.4 Å². The number of halogens is 1. The van der Waals surface area contributed by atoms with Crippen LogP contribution in [-0.4, -0.2) is 40.0 Å². The molecule has 24 heavy (non-hydrogen) atoms. The smallest absolute Gasteiger partial charge is 0.265 e. The van der Waals surface area contributed by atoms with Crippen LogP contribution in [0, 0.1) is 0 Å². The number of nitrogens with zero attached hydrogens (tertiary/aromatic N) is 1. The lowest BCUT2D eigenvalue weighted by atomic mass is 10.1. The first-order valence-corrected chi connectivity index (χ1v) is 9.06. The summed E-state index contributed by atoms with van der Waals surface area (Å²) in [7, 11) is -3.67. The lowest BCUT2D eigenvalue weighted by Gasteiger charge is -2.19. The predicted molar refractivity (Wildman–Crippen MR) is 95.1 cm³/mol. The molecule has 2 aliphatic rings. The summed E-state index contributed by atoms with van der Waals surface area (Å²) in [6.07, 6.45) is 0.869. The zero-order valence-corrected chi connectivity index (χ0v) is 14.5. The second-order valence-corrected chi connectivity index (χ2v) is 7.73. The topological polar surface area (TPSA) is 78.5 Å². The average Bonchev–Trinajstić information content (AvgIpc) is 3.10. The molecule has 128 valence electrons. The molecule has 2 N–H and O–H groups in total. The Labute approximate surface area is 146 Å². The standard InChI is InChI=1S/C16H17N3O3S.ClH/c20-15(18-12-7-8-17-9-12)10-19-13-5-1-3-11-4-2-6-14(16(11)13)23(19,21)22;/h1-6,12,17H,7-10H2,(H,18,20);1H. The zero-order chi connectivity index (χ0) is 16.0. The first-order chi connectivity index (χ1) is 11.1. The van der Waals surface area contributed by atoms with E-state index in [2.05, 4.69) is 10.6 Å². The molecule has 1 amide bonds. The van der Waals surface area contributed by atoms with Gasteiger partial charge in [0.2, 0.25) is 5.91 Å². The van der Waals surface area contributed by atoms with E-state index in [1.807, 2.05) is 18.2 Å². The fourth-order valence-corrected chi connectivity index (χ4v) is 4.98. The SMILES string of the molecule is Cl.O=C(CN1c2cccc3cccc(c23)S1(=O)=O)NC1CCNC1. The molecule has 0 bridgehead atoms. The average molecular weight is 368 g/mol. The lowest BCUT2D eigenvalue weighted by Crippen LogP contribution is -2.43. The van der Waals surface area contributed by atoms with Gasteiger partial charge in [-0.3, -0.25) is 9.10 Å². The minimum absolute atomic E-state index is 0. The van der Waals surface area contributed by atoms with Gasteiger partial charge in [-0.05, 0) is 30.5 Å². The lowest BCUT2D eigenvalue weighted by molar-refractivity contribution is -0.120. The predicted octanol–water partition coefficient (Wildman–Crippen LogP) is 1.25. The molecule has 2 aromatic rings. The number of anilines is 1. The Kier molecular flexibility index (Phi) is 4.42. The van der Waals surface area contributed by atoms with E-state index in [9.17, 15) is 13.2 Å². The molecule has 2 aliphatic heterocycles. The maximum absolute atomic E-state index is 12.8. The summed E-state index contributed by atoms with van der Waals surface area (Å²) in [6.45, 7) is 1.42. The Morgan fingerprint density at radius 3 is 2.71 bits per heavy atom. The highest BCUT2D eigenvalue weighted by Crippen LogP contribution is 2.41. The van der Waals surface area contributed by atoms with Crippen molar-refractivity contribution in [1.29, 1.82) is 0 Å². The number of nitrogens with one attached hydrogen (secondary N) is 2. The largest absolute Gasteiger partial charge is 0.350 e. The van der Waals surface area contributed by atoms with Gasteiger partial charge in [0.05, 0.1) is 10.6 Å². The van der Waals surface area contributed by atoms with Gasteiger partial charge in [0, 0.05) is 18.0 Å². The van der Waals surface area contributed by atoms with Gasteiger partial charge >= 0.3 is 0 Å². The highest BCUT2D eigenvalue weighted by Gasteiger charge is 2.36. The third-order valence-electron chi connectivity index (χ3n) is 4.39. The molecule has 1 unspecified atom stereocenters. The van der Waals surface area contributed by atoms with Crippen LogP contribution in [0.5, 0.6) is 0 Å². The third-order valence-corrected chi connectivity index (χ3v) is 6.20. The van der Waals surface area contributed by atoms with Gasteiger partial charge in [-0.2, -0.15) is 0 Å². The fraction of sp³-hybridized carbons (Fsp3) is 0.312. The molecular formula is C16H18ClN3O3S. The van der Waals surface area contributed by atoms with Crippen LogP contribution in [0.15, 0.2) is 41.3 Å². The van der Waals surface area contributed by atoms with Crippen molar-refractivity contribution in [1.82, 2.24) is 10.6 Å². The Balaban J connectivity index is 0.00000169. The van der Waals surface area contributed by atoms with E-state index >= 15 is 0 Å². The first-order valence-electron chi connectivity index (χ1n) is 7.62. The molecule has 0 saturated carbocycles. The van der Waals surface area contributed by atoms with Gasteiger partial charge in [-0.25, -0.2) is 8.42 Å². The number of benzene rings is 2. The number of hydrogen-bond donors (Lipinski definition) is 2. The fourth-order valence-electron chi connectivity index (χ4n) is 3.31. The van der Waals surface area contributed by atoms with Crippen molar-refractivity contribution in [2.24, 2.45) is 0 Å². The van der Waals surface area contributed by atoms with Crippen molar-refractivity contribution in [3.8, 4) is 0 Å². The zero-order valence-electron chi connectivity index (χ0n) is 12.9. The van der Waals surface area contributed by atoms with Crippen LogP contribution in [-0.2, 0) is 14.8 Å². The van der Waals surface area contributed by atoms with E-state index in [1.165, 1.54) is 4.31 Å². The monoisotopic (exact) mass is 367 g/mol. The van der Waals surface area contributed by atoms with E-state index < -0.39 is 10.0 Å². The van der Waals surface area contributed by atoms with Crippen LogP contribution in [0.2, 0.25) is 0 Å². The second-order valence-electron chi connectivity index (χ2n) is 5.90. The first kappa shape index (κ1) is 17.0. The number of carbonyl (C=O) groups excluding carboxylic acids is 1. The van der Waals surface area contributed by atoms with Crippen LogP contribution >= 0.6 is 12.4 Å². The van der Waals surface area contributed by atoms with Crippen molar-refractivity contribution >= 4 is 44.8 Å². The van der Waals surface area contributed by atoms with Crippen LogP contribution in [0.1, 0.15) is 6.42 Å². The molecule has 2 heterocycles. The molecule has 1 atom stereocenters. The van der Waals surface area contributed by atoms with Crippen molar-refractivity contribution in [3.63, 3.8) is 0 Å². The molecule has 0 aromatic heterocycles. The maximum Gasteiger partial charge on any atom is 0.265 e. The molecular weight excluding hydrogens is 350 g/mol. The van der Waals surface area contributed by atoms with Crippen molar-refractivity contribution in [3.05, 3.63) is 36.4 Å². The molecule has 6 nitrogen and oxygen atoms in total. The summed E-state index contributed by atoms with van der Waals surface area (Å²) in [5.74, 6) is -0.271. The summed E-state index contributed by atoms with van der Waals surface area (Å²) in [5.41, 5.74) is 0.581. The Morgan fingerprint density at radius 2 is 2.00 bits per heavy atom. The molecule has 0 aliphatic carbocycles. The summed E-state index contributed by atoms with van der Waals surface area (Å²) < 4.78 is 26.8. The van der Waals surface area contributed by atoms with Crippen LogP contribution in [0.3, 0.4) is 0 Å². The van der Waals surface area contributed by atoms with Gasteiger partial charge in [0.25, 0.3) is 10.0 Å². The quantitative estimate of drug-likeness (QED) is 0.855. The maximum atomic E-state index is 12.8. The van der Waals surface area contributed by atoms with Gasteiger partial charge in [-0.1, -0.05) is 24.3 Å². The molecule has 8 heteroatoms. The molecule has 4 rings (SSSR count). The second kappa shape index (κ2) is 6.23. The minimum Gasteiger partial charge on any atom is -0.350 e. The highest BCUT2D eigenvalue weighted by atomic mass is 35.5. The Morgan fingerprint density at radius 1 is 1.25 bits per heavy atom. The van der Waals surface area contributed by atoms with Gasteiger partial charge in [0.15, 0.2) is 0 Å². The van der Waals surface area contributed by atoms with E-state index in [-0.39, 0.29) is 35.8 Å². The number of carbonyl (C=O) groups is 1. The van der Waals surface area contributed by atoms with Crippen LogP contribution in [0.25, 0.3) is 10.8 Å². The van der Waals surface area contributed by atoms with E-state index in [0.717, 1.165) is 24.9 Å². The van der Waals surface area contributed by atoms with Crippen molar-refractivity contribution in [2.75, 3.05) is 23.9 Å².